The molecule has 1 heterocycles. The predicted octanol–water partition coefficient (Wildman–Crippen LogP) is 4.97. The van der Waals surface area contributed by atoms with Gasteiger partial charge in [-0.2, -0.15) is 0 Å². The maximum atomic E-state index is 12.5. The van der Waals surface area contributed by atoms with Gasteiger partial charge in [-0.1, -0.05) is 42.5 Å². The average molecular weight is 401 g/mol. The second kappa shape index (κ2) is 9.04. The van der Waals surface area contributed by atoms with Gasteiger partial charge in [0.2, 0.25) is 0 Å². The summed E-state index contributed by atoms with van der Waals surface area (Å²) < 4.78 is 5.65. The number of benzene rings is 3. The van der Waals surface area contributed by atoms with Gasteiger partial charge in [0.1, 0.15) is 5.75 Å². The second-order valence-electron chi connectivity index (χ2n) is 7.99. The summed E-state index contributed by atoms with van der Waals surface area (Å²) in [6.45, 7) is 6.41. The van der Waals surface area contributed by atoms with Crippen molar-refractivity contribution < 1.29 is 9.53 Å². The number of amides is 1. The lowest BCUT2D eigenvalue weighted by Crippen LogP contribution is -2.23. The van der Waals surface area contributed by atoms with Gasteiger partial charge in [0.15, 0.2) is 0 Å². The fourth-order valence-corrected chi connectivity index (χ4v) is 3.80. The standard InChI is InChI=1S/C26H28N2O2/c1-19(2)30-24-13-9-20(10-14-24)17-27-26(29)23-11-7-21(8-12-23)18-28-16-15-22-5-3-4-6-25(22)28/h3-14,19H,15-18H2,1-2H3,(H,27,29). The minimum absolute atomic E-state index is 0.0597. The van der Waals surface area contributed by atoms with Crippen molar-refractivity contribution >= 4 is 11.6 Å². The van der Waals surface area contributed by atoms with E-state index in [-0.39, 0.29) is 12.0 Å². The van der Waals surface area contributed by atoms with Crippen LogP contribution in [0.4, 0.5) is 5.69 Å². The van der Waals surface area contributed by atoms with E-state index in [1.165, 1.54) is 16.8 Å². The van der Waals surface area contributed by atoms with Gasteiger partial charge in [0.05, 0.1) is 6.10 Å². The van der Waals surface area contributed by atoms with E-state index >= 15 is 0 Å². The van der Waals surface area contributed by atoms with E-state index in [0.717, 1.165) is 30.8 Å². The highest BCUT2D eigenvalue weighted by molar-refractivity contribution is 5.94. The Labute approximate surface area is 178 Å². The molecule has 154 valence electrons. The molecule has 0 aliphatic carbocycles. The first-order valence-corrected chi connectivity index (χ1v) is 10.5. The average Bonchev–Trinajstić information content (AvgIpc) is 3.16. The number of carbonyl (C=O) groups is 1. The van der Waals surface area contributed by atoms with Gasteiger partial charge in [0.25, 0.3) is 5.91 Å². The van der Waals surface area contributed by atoms with E-state index in [4.69, 9.17) is 4.74 Å². The van der Waals surface area contributed by atoms with Crippen molar-refractivity contribution in [3.8, 4) is 5.75 Å². The summed E-state index contributed by atoms with van der Waals surface area (Å²) in [5, 5.41) is 2.99. The van der Waals surface area contributed by atoms with Crippen LogP contribution in [0, 0.1) is 0 Å². The first-order valence-electron chi connectivity index (χ1n) is 10.5. The maximum absolute atomic E-state index is 12.5. The van der Waals surface area contributed by atoms with E-state index in [1.807, 2.05) is 62.4 Å². The smallest absolute Gasteiger partial charge is 0.251 e. The maximum Gasteiger partial charge on any atom is 0.251 e. The zero-order valence-electron chi connectivity index (χ0n) is 17.6. The van der Waals surface area contributed by atoms with Gasteiger partial charge in [-0.05, 0) is 67.3 Å². The third-order valence-corrected chi connectivity index (χ3v) is 5.32. The fraction of sp³-hybridized carbons (Fsp3) is 0.269. The highest BCUT2D eigenvalue weighted by Gasteiger charge is 2.18. The first kappa shape index (κ1) is 20.0. The van der Waals surface area contributed by atoms with Crippen molar-refractivity contribution in [1.82, 2.24) is 5.32 Å². The van der Waals surface area contributed by atoms with Crippen molar-refractivity contribution in [3.05, 3.63) is 95.1 Å². The molecule has 1 amide bonds. The summed E-state index contributed by atoms with van der Waals surface area (Å²) >= 11 is 0. The minimum Gasteiger partial charge on any atom is -0.491 e. The largest absolute Gasteiger partial charge is 0.491 e. The van der Waals surface area contributed by atoms with Gasteiger partial charge in [0, 0.05) is 30.9 Å². The summed E-state index contributed by atoms with van der Waals surface area (Å²) in [7, 11) is 0. The molecular formula is C26H28N2O2. The van der Waals surface area contributed by atoms with E-state index in [9.17, 15) is 4.79 Å². The SMILES string of the molecule is CC(C)Oc1ccc(CNC(=O)c2ccc(CN3CCc4ccccc43)cc2)cc1. The molecule has 3 aromatic carbocycles. The molecule has 0 radical (unpaired) electrons. The lowest BCUT2D eigenvalue weighted by Gasteiger charge is -2.19. The summed E-state index contributed by atoms with van der Waals surface area (Å²) in [5.41, 5.74) is 5.68. The molecule has 4 rings (SSSR count). The number of fused-ring (bicyclic) bond motifs is 1. The zero-order chi connectivity index (χ0) is 20.9. The van der Waals surface area contributed by atoms with Crippen LogP contribution < -0.4 is 15.0 Å². The number of hydrogen-bond donors (Lipinski definition) is 1. The molecule has 0 spiro atoms. The molecule has 0 atom stereocenters. The topological polar surface area (TPSA) is 41.6 Å². The van der Waals surface area contributed by atoms with Crippen LogP contribution in [0.15, 0.2) is 72.8 Å². The molecule has 0 saturated heterocycles. The fourth-order valence-electron chi connectivity index (χ4n) is 3.80. The Bertz CT molecular complexity index is 994. The van der Waals surface area contributed by atoms with E-state index in [1.54, 1.807) is 0 Å². The lowest BCUT2D eigenvalue weighted by atomic mass is 10.1. The van der Waals surface area contributed by atoms with Crippen LogP contribution >= 0.6 is 0 Å². The van der Waals surface area contributed by atoms with E-state index < -0.39 is 0 Å². The Morgan fingerprint density at radius 1 is 0.967 bits per heavy atom. The Balaban J connectivity index is 1.31. The van der Waals surface area contributed by atoms with Gasteiger partial charge in [-0.15, -0.1) is 0 Å². The highest BCUT2D eigenvalue weighted by Crippen LogP contribution is 2.28. The van der Waals surface area contributed by atoms with Crippen LogP contribution in [0.1, 0.15) is 40.9 Å². The van der Waals surface area contributed by atoms with Crippen molar-refractivity contribution in [2.24, 2.45) is 0 Å². The lowest BCUT2D eigenvalue weighted by molar-refractivity contribution is 0.0951. The van der Waals surface area contributed by atoms with Crippen molar-refractivity contribution in [1.29, 1.82) is 0 Å². The number of rotatable bonds is 7. The van der Waals surface area contributed by atoms with Crippen LogP contribution in [0.25, 0.3) is 0 Å². The van der Waals surface area contributed by atoms with Gasteiger partial charge < -0.3 is 15.0 Å². The number of ether oxygens (including phenoxy) is 1. The normalized spacial score (nSPS) is 12.7. The number of anilines is 1. The van der Waals surface area contributed by atoms with Gasteiger partial charge in [-0.3, -0.25) is 4.79 Å². The monoisotopic (exact) mass is 400 g/mol. The summed E-state index contributed by atoms with van der Waals surface area (Å²) in [6.07, 6.45) is 1.25. The molecule has 0 aromatic heterocycles. The molecule has 4 nitrogen and oxygen atoms in total. The molecule has 30 heavy (non-hydrogen) atoms. The molecule has 1 aliphatic heterocycles. The van der Waals surface area contributed by atoms with Crippen molar-refractivity contribution in [2.75, 3.05) is 11.4 Å². The molecule has 3 aromatic rings. The van der Waals surface area contributed by atoms with Gasteiger partial charge >= 0.3 is 0 Å². The predicted molar refractivity (Wildman–Crippen MR) is 121 cm³/mol. The summed E-state index contributed by atoms with van der Waals surface area (Å²) in [4.78, 5) is 14.9. The Morgan fingerprint density at radius 3 is 2.40 bits per heavy atom. The molecule has 1 aliphatic rings. The molecular weight excluding hydrogens is 372 g/mol. The molecule has 1 N–H and O–H groups in total. The molecule has 0 unspecified atom stereocenters. The number of para-hydroxylation sites is 1. The second-order valence-corrected chi connectivity index (χ2v) is 7.99. The van der Waals surface area contributed by atoms with Crippen molar-refractivity contribution in [3.63, 3.8) is 0 Å². The third-order valence-electron chi connectivity index (χ3n) is 5.32. The van der Waals surface area contributed by atoms with Crippen LogP contribution in [-0.4, -0.2) is 18.6 Å². The number of nitrogens with zero attached hydrogens (tertiary/aromatic N) is 1. The van der Waals surface area contributed by atoms with Crippen LogP contribution in [0.5, 0.6) is 5.75 Å². The van der Waals surface area contributed by atoms with E-state index in [2.05, 4.69) is 34.5 Å². The highest BCUT2D eigenvalue weighted by atomic mass is 16.5. The number of nitrogens with one attached hydrogen (secondary N) is 1. The Morgan fingerprint density at radius 2 is 1.67 bits per heavy atom. The summed E-state index contributed by atoms with van der Waals surface area (Å²) in [6, 6.07) is 24.3. The van der Waals surface area contributed by atoms with Crippen LogP contribution in [0.3, 0.4) is 0 Å². The molecule has 0 bridgehead atoms. The quantitative estimate of drug-likeness (QED) is 0.609. The zero-order valence-corrected chi connectivity index (χ0v) is 17.6. The van der Waals surface area contributed by atoms with Gasteiger partial charge in [-0.25, -0.2) is 0 Å². The van der Waals surface area contributed by atoms with Crippen molar-refractivity contribution in [2.45, 2.75) is 39.5 Å². The molecule has 0 saturated carbocycles. The van der Waals surface area contributed by atoms with E-state index in [0.29, 0.717) is 12.1 Å². The number of hydrogen-bond acceptors (Lipinski definition) is 3. The molecule has 0 fully saturated rings. The minimum atomic E-state index is -0.0597. The first-order chi connectivity index (χ1) is 14.6. The van der Waals surface area contributed by atoms with Crippen LogP contribution in [0.2, 0.25) is 0 Å². The number of carbonyl (C=O) groups excluding carboxylic acids is 1. The molecule has 4 heteroatoms. The Hall–Kier alpha value is -3.27. The van der Waals surface area contributed by atoms with Crippen LogP contribution in [-0.2, 0) is 19.5 Å². The third kappa shape index (κ3) is 4.82. The Kier molecular flexibility index (Phi) is 6.03. The summed E-state index contributed by atoms with van der Waals surface area (Å²) in [5.74, 6) is 0.784.